The predicted octanol–water partition coefficient (Wildman–Crippen LogP) is 3.91. The van der Waals surface area contributed by atoms with Gasteiger partial charge in [0.15, 0.2) is 11.6 Å². The fourth-order valence-corrected chi connectivity index (χ4v) is 3.26. The summed E-state index contributed by atoms with van der Waals surface area (Å²) < 4.78 is 19.0. The number of hydrogen-bond acceptors (Lipinski definition) is 5. The number of thiophene rings is 1. The molecule has 0 aliphatic carbocycles. The molecule has 4 nitrogen and oxygen atoms in total. The van der Waals surface area contributed by atoms with Gasteiger partial charge in [-0.25, -0.2) is 14.4 Å². The van der Waals surface area contributed by atoms with Crippen LogP contribution in [0.25, 0.3) is 10.9 Å². The topological polar surface area (TPSA) is 38.2 Å². The average molecular weight is 331 g/mol. The van der Waals surface area contributed by atoms with E-state index in [2.05, 4.69) is 38.6 Å². The largest absolute Gasteiger partial charge is 0.494 e. The summed E-state index contributed by atoms with van der Waals surface area (Å²) >= 11 is 1.70. The first-order valence-corrected chi connectivity index (χ1v) is 8.26. The van der Waals surface area contributed by atoms with Crippen LogP contribution in [-0.2, 0) is 6.42 Å². The van der Waals surface area contributed by atoms with Gasteiger partial charge in [0.25, 0.3) is 0 Å². The summed E-state index contributed by atoms with van der Waals surface area (Å²) in [7, 11) is 3.45. The molecule has 0 aliphatic heterocycles. The van der Waals surface area contributed by atoms with Gasteiger partial charge < -0.3 is 9.64 Å². The van der Waals surface area contributed by atoms with E-state index >= 15 is 0 Å². The van der Waals surface area contributed by atoms with Crippen LogP contribution < -0.4 is 9.64 Å². The first-order chi connectivity index (χ1) is 11.1. The van der Waals surface area contributed by atoms with Gasteiger partial charge in [-0.05, 0) is 41.8 Å². The molecular weight excluding hydrogens is 313 g/mol. The van der Waals surface area contributed by atoms with E-state index in [0.29, 0.717) is 5.52 Å². The third-order valence-corrected chi connectivity index (χ3v) is 4.73. The van der Waals surface area contributed by atoms with E-state index in [4.69, 9.17) is 4.74 Å². The number of ether oxygens (including phenoxy) is 1. The standard InChI is InChI=1S/C17H18FN3OS/c1-11(6-12-4-5-23-9-12)21(2)17-13-7-16(22-3)14(18)8-15(13)19-10-20-17/h4-5,7-11H,6H2,1-3H3. The quantitative estimate of drug-likeness (QED) is 0.710. The number of benzene rings is 1. The molecule has 120 valence electrons. The number of nitrogens with zero attached hydrogens (tertiary/aromatic N) is 3. The lowest BCUT2D eigenvalue weighted by molar-refractivity contribution is 0.387. The number of methoxy groups -OCH3 is 1. The molecular formula is C17H18FN3OS. The maximum Gasteiger partial charge on any atom is 0.167 e. The molecule has 6 heteroatoms. The first kappa shape index (κ1) is 15.7. The summed E-state index contributed by atoms with van der Waals surface area (Å²) in [4.78, 5) is 10.7. The highest BCUT2D eigenvalue weighted by Gasteiger charge is 2.17. The lowest BCUT2D eigenvalue weighted by Gasteiger charge is -2.26. The van der Waals surface area contributed by atoms with Crippen LogP contribution in [0.1, 0.15) is 12.5 Å². The number of halogens is 1. The van der Waals surface area contributed by atoms with Gasteiger partial charge in [0, 0.05) is 24.5 Å². The van der Waals surface area contributed by atoms with Gasteiger partial charge in [0.05, 0.1) is 12.6 Å². The van der Waals surface area contributed by atoms with Crippen LogP contribution in [0, 0.1) is 5.82 Å². The van der Waals surface area contributed by atoms with Crippen LogP contribution in [0.15, 0.2) is 35.3 Å². The van der Waals surface area contributed by atoms with Crippen molar-refractivity contribution in [1.82, 2.24) is 9.97 Å². The van der Waals surface area contributed by atoms with Gasteiger partial charge in [-0.3, -0.25) is 0 Å². The lowest BCUT2D eigenvalue weighted by atomic mass is 10.1. The van der Waals surface area contributed by atoms with E-state index in [0.717, 1.165) is 17.6 Å². The van der Waals surface area contributed by atoms with Gasteiger partial charge in [0.2, 0.25) is 0 Å². The molecule has 0 spiro atoms. The van der Waals surface area contributed by atoms with Crippen molar-refractivity contribution >= 4 is 28.1 Å². The number of aromatic nitrogens is 2. The Labute approximate surface area is 138 Å². The van der Waals surface area contributed by atoms with Gasteiger partial charge in [-0.2, -0.15) is 11.3 Å². The molecule has 1 unspecified atom stereocenters. The van der Waals surface area contributed by atoms with Crippen molar-refractivity contribution in [3.63, 3.8) is 0 Å². The number of hydrogen-bond donors (Lipinski definition) is 0. The minimum absolute atomic E-state index is 0.201. The van der Waals surface area contributed by atoms with Crippen molar-refractivity contribution in [3.8, 4) is 5.75 Å². The molecule has 0 radical (unpaired) electrons. The van der Waals surface area contributed by atoms with E-state index in [-0.39, 0.29) is 11.8 Å². The van der Waals surface area contributed by atoms with Gasteiger partial charge >= 0.3 is 0 Å². The van der Waals surface area contributed by atoms with Gasteiger partial charge in [0.1, 0.15) is 12.1 Å². The highest BCUT2D eigenvalue weighted by molar-refractivity contribution is 7.07. The third-order valence-electron chi connectivity index (χ3n) is 3.99. The minimum atomic E-state index is -0.418. The average Bonchev–Trinajstić information content (AvgIpc) is 3.05. The SMILES string of the molecule is COc1cc2c(N(C)C(C)Cc3ccsc3)ncnc2cc1F. The number of rotatable bonds is 5. The van der Waals surface area contributed by atoms with E-state index in [1.54, 1.807) is 17.4 Å². The zero-order chi connectivity index (χ0) is 16.4. The summed E-state index contributed by atoms with van der Waals surface area (Å²) in [5.74, 6) is 0.557. The zero-order valence-corrected chi connectivity index (χ0v) is 14.1. The molecule has 0 bridgehead atoms. The minimum Gasteiger partial charge on any atom is -0.494 e. The van der Waals surface area contributed by atoms with E-state index in [1.165, 1.54) is 25.1 Å². The fourth-order valence-electron chi connectivity index (χ4n) is 2.58. The summed E-state index contributed by atoms with van der Waals surface area (Å²) in [5.41, 5.74) is 1.87. The summed E-state index contributed by atoms with van der Waals surface area (Å²) in [6.07, 6.45) is 2.39. The molecule has 0 fully saturated rings. The molecule has 2 heterocycles. The zero-order valence-electron chi connectivity index (χ0n) is 13.3. The summed E-state index contributed by atoms with van der Waals surface area (Å²) in [5, 5.41) is 5.02. The summed E-state index contributed by atoms with van der Waals surface area (Å²) in [6.45, 7) is 2.15. The van der Waals surface area contributed by atoms with Crippen LogP contribution in [-0.4, -0.2) is 30.2 Å². The van der Waals surface area contributed by atoms with Crippen molar-refractivity contribution in [2.24, 2.45) is 0 Å². The second-order valence-corrected chi connectivity index (χ2v) is 6.28. The molecule has 23 heavy (non-hydrogen) atoms. The Hall–Kier alpha value is -2.21. The van der Waals surface area contributed by atoms with Gasteiger partial charge in [-0.15, -0.1) is 0 Å². The Balaban J connectivity index is 1.97. The van der Waals surface area contributed by atoms with Crippen molar-refractivity contribution in [3.05, 3.63) is 46.7 Å². The highest BCUT2D eigenvalue weighted by Crippen LogP contribution is 2.30. The molecule has 0 saturated heterocycles. The second-order valence-electron chi connectivity index (χ2n) is 5.50. The Morgan fingerprint density at radius 2 is 2.17 bits per heavy atom. The maximum atomic E-state index is 13.9. The van der Waals surface area contributed by atoms with Crippen LogP contribution in [0.3, 0.4) is 0 Å². The molecule has 3 aromatic rings. The van der Waals surface area contributed by atoms with Crippen LogP contribution in [0.5, 0.6) is 5.75 Å². The van der Waals surface area contributed by atoms with Crippen LogP contribution in [0.2, 0.25) is 0 Å². The van der Waals surface area contributed by atoms with Crippen molar-refractivity contribution in [2.75, 3.05) is 19.1 Å². The normalized spacial score (nSPS) is 12.3. The molecule has 0 aliphatic rings. The number of fused-ring (bicyclic) bond motifs is 1. The van der Waals surface area contributed by atoms with E-state index in [1.807, 2.05) is 7.05 Å². The highest BCUT2D eigenvalue weighted by atomic mass is 32.1. The Morgan fingerprint density at radius 3 is 2.87 bits per heavy atom. The van der Waals surface area contributed by atoms with Crippen molar-refractivity contribution in [2.45, 2.75) is 19.4 Å². The second kappa shape index (κ2) is 6.50. The van der Waals surface area contributed by atoms with Crippen molar-refractivity contribution in [1.29, 1.82) is 0 Å². The molecule has 2 aromatic heterocycles. The maximum absolute atomic E-state index is 13.9. The van der Waals surface area contributed by atoms with E-state index < -0.39 is 5.82 Å². The molecule has 3 rings (SSSR count). The van der Waals surface area contributed by atoms with Gasteiger partial charge in [-0.1, -0.05) is 0 Å². The fraction of sp³-hybridized carbons (Fsp3) is 0.294. The van der Waals surface area contributed by atoms with Crippen molar-refractivity contribution < 1.29 is 9.13 Å². The summed E-state index contributed by atoms with van der Waals surface area (Å²) in [6, 6.07) is 5.43. The van der Waals surface area contributed by atoms with E-state index in [9.17, 15) is 4.39 Å². The number of anilines is 1. The smallest absolute Gasteiger partial charge is 0.167 e. The Morgan fingerprint density at radius 1 is 1.35 bits per heavy atom. The molecule has 0 N–H and O–H groups in total. The Bertz CT molecular complexity index is 807. The molecule has 1 atom stereocenters. The molecule has 1 aromatic carbocycles. The Kier molecular flexibility index (Phi) is 4.43. The molecule has 0 saturated carbocycles. The third kappa shape index (κ3) is 3.12. The monoisotopic (exact) mass is 331 g/mol. The predicted molar refractivity (Wildman–Crippen MR) is 91.9 cm³/mol. The molecule has 0 amide bonds. The lowest BCUT2D eigenvalue weighted by Crippen LogP contribution is -2.31. The van der Waals surface area contributed by atoms with Crippen LogP contribution >= 0.6 is 11.3 Å². The number of likely N-dealkylation sites (N-methyl/N-ethyl adjacent to an activating group) is 1. The first-order valence-electron chi connectivity index (χ1n) is 7.32. The van der Waals surface area contributed by atoms with Crippen LogP contribution in [0.4, 0.5) is 10.2 Å².